The fourth-order valence-corrected chi connectivity index (χ4v) is 2.36. The number of hydrogen-bond acceptors (Lipinski definition) is 2. The van der Waals surface area contributed by atoms with E-state index in [4.69, 9.17) is 16.3 Å². The molecule has 0 atom stereocenters. The van der Waals surface area contributed by atoms with Crippen LogP contribution in [0.25, 0.3) is 11.1 Å². The Hall–Kier alpha value is -1.58. The largest absolute Gasteiger partial charge is 0.496 e. The quantitative estimate of drug-likeness (QED) is 0.784. The molecule has 2 aromatic rings. The molecular formula is C17H19ClFNO. The minimum atomic E-state index is -0.283. The Balaban J connectivity index is 2.38. The lowest BCUT2D eigenvalue weighted by molar-refractivity contribution is 0.416. The SMILES string of the molecule is CCCNCc1ccc(F)c(-c2cc(Cl)ccc2OC)c1. The molecule has 0 saturated heterocycles. The van der Waals surface area contributed by atoms with Gasteiger partial charge in [0, 0.05) is 22.7 Å². The Morgan fingerprint density at radius 1 is 1.14 bits per heavy atom. The molecule has 0 aliphatic carbocycles. The van der Waals surface area contributed by atoms with E-state index in [9.17, 15) is 4.39 Å². The second-order valence-electron chi connectivity index (χ2n) is 4.84. The summed E-state index contributed by atoms with van der Waals surface area (Å²) >= 11 is 6.03. The number of halogens is 2. The molecule has 0 bridgehead atoms. The minimum absolute atomic E-state index is 0.283. The van der Waals surface area contributed by atoms with E-state index in [1.54, 1.807) is 31.4 Å². The van der Waals surface area contributed by atoms with Gasteiger partial charge >= 0.3 is 0 Å². The molecule has 21 heavy (non-hydrogen) atoms. The van der Waals surface area contributed by atoms with E-state index in [1.807, 2.05) is 6.07 Å². The van der Waals surface area contributed by atoms with E-state index in [2.05, 4.69) is 12.2 Å². The van der Waals surface area contributed by atoms with Gasteiger partial charge in [0.25, 0.3) is 0 Å². The number of methoxy groups -OCH3 is 1. The van der Waals surface area contributed by atoms with Crippen molar-refractivity contribution in [3.8, 4) is 16.9 Å². The van der Waals surface area contributed by atoms with Gasteiger partial charge in [-0.25, -0.2) is 4.39 Å². The monoisotopic (exact) mass is 307 g/mol. The zero-order chi connectivity index (χ0) is 15.2. The van der Waals surface area contributed by atoms with Gasteiger partial charge < -0.3 is 10.1 Å². The maximum Gasteiger partial charge on any atom is 0.131 e. The van der Waals surface area contributed by atoms with Gasteiger partial charge in [-0.1, -0.05) is 24.6 Å². The molecule has 0 radical (unpaired) electrons. The molecule has 112 valence electrons. The van der Waals surface area contributed by atoms with E-state index < -0.39 is 0 Å². The van der Waals surface area contributed by atoms with Crippen molar-refractivity contribution in [2.45, 2.75) is 19.9 Å². The molecule has 0 aliphatic heterocycles. The number of rotatable bonds is 6. The fourth-order valence-electron chi connectivity index (χ4n) is 2.19. The normalized spacial score (nSPS) is 10.7. The van der Waals surface area contributed by atoms with Crippen LogP contribution in [0.15, 0.2) is 36.4 Å². The highest BCUT2D eigenvalue weighted by molar-refractivity contribution is 6.31. The van der Waals surface area contributed by atoms with Crippen LogP contribution in [0.5, 0.6) is 5.75 Å². The number of ether oxygens (including phenoxy) is 1. The summed E-state index contributed by atoms with van der Waals surface area (Å²) in [4.78, 5) is 0. The van der Waals surface area contributed by atoms with E-state index in [-0.39, 0.29) is 5.82 Å². The van der Waals surface area contributed by atoms with Gasteiger partial charge in [-0.2, -0.15) is 0 Å². The number of benzene rings is 2. The molecule has 0 spiro atoms. The van der Waals surface area contributed by atoms with Crippen LogP contribution in [0, 0.1) is 5.82 Å². The van der Waals surface area contributed by atoms with Crippen molar-refractivity contribution in [3.63, 3.8) is 0 Å². The molecule has 2 nitrogen and oxygen atoms in total. The standard InChI is InChI=1S/C17H19ClFNO/c1-3-8-20-11-12-4-6-16(19)14(9-12)15-10-13(18)5-7-17(15)21-2/h4-7,9-10,20H,3,8,11H2,1-2H3. The second kappa shape index (κ2) is 7.43. The Labute approximate surface area is 129 Å². The average molecular weight is 308 g/mol. The van der Waals surface area contributed by atoms with Crippen molar-refractivity contribution < 1.29 is 9.13 Å². The van der Waals surface area contributed by atoms with Crippen molar-refractivity contribution in [2.75, 3.05) is 13.7 Å². The predicted octanol–water partition coefficient (Wildman–Crippen LogP) is 4.65. The molecular weight excluding hydrogens is 289 g/mol. The third-order valence-electron chi connectivity index (χ3n) is 3.24. The Morgan fingerprint density at radius 2 is 1.95 bits per heavy atom. The third kappa shape index (κ3) is 3.96. The average Bonchev–Trinajstić information content (AvgIpc) is 2.49. The smallest absolute Gasteiger partial charge is 0.131 e. The Bertz CT molecular complexity index is 616. The van der Waals surface area contributed by atoms with Crippen molar-refractivity contribution in [1.29, 1.82) is 0 Å². The van der Waals surface area contributed by atoms with Gasteiger partial charge in [-0.15, -0.1) is 0 Å². The minimum Gasteiger partial charge on any atom is -0.496 e. The first-order valence-electron chi connectivity index (χ1n) is 6.98. The molecule has 0 aliphatic rings. The van der Waals surface area contributed by atoms with Crippen LogP contribution in [0.3, 0.4) is 0 Å². The maximum absolute atomic E-state index is 14.2. The zero-order valence-electron chi connectivity index (χ0n) is 12.2. The van der Waals surface area contributed by atoms with Gasteiger partial charge in [-0.05, 0) is 48.9 Å². The van der Waals surface area contributed by atoms with Crippen LogP contribution in [0.1, 0.15) is 18.9 Å². The lowest BCUT2D eigenvalue weighted by atomic mass is 10.0. The highest BCUT2D eigenvalue weighted by atomic mass is 35.5. The summed E-state index contributed by atoms with van der Waals surface area (Å²) in [6, 6.07) is 10.3. The van der Waals surface area contributed by atoms with Crippen LogP contribution < -0.4 is 10.1 Å². The molecule has 0 fully saturated rings. The van der Waals surface area contributed by atoms with E-state index >= 15 is 0 Å². The first kappa shape index (κ1) is 15.8. The van der Waals surface area contributed by atoms with E-state index in [1.165, 1.54) is 6.07 Å². The molecule has 0 amide bonds. The molecule has 2 rings (SSSR count). The first-order chi connectivity index (χ1) is 10.2. The molecule has 0 unspecified atom stereocenters. The lowest BCUT2D eigenvalue weighted by Crippen LogP contribution is -2.13. The summed E-state index contributed by atoms with van der Waals surface area (Å²) < 4.78 is 19.5. The van der Waals surface area contributed by atoms with E-state index in [0.717, 1.165) is 18.5 Å². The molecule has 0 saturated carbocycles. The van der Waals surface area contributed by atoms with Crippen molar-refractivity contribution in [3.05, 3.63) is 52.8 Å². The second-order valence-corrected chi connectivity index (χ2v) is 5.27. The van der Waals surface area contributed by atoms with Gasteiger partial charge in [0.2, 0.25) is 0 Å². The molecule has 4 heteroatoms. The van der Waals surface area contributed by atoms with Gasteiger partial charge in [0.1, 0.15) is 11.6 Å². The van der Waals surface area contributed by atoms with Crippen molar-refractivity contribution in [1.82, 2.24) is 5.32 Å². The molecule has 0 heterocycles. The topological polar surface area (TPSA) is 21.3 Å². The third-order valence-corrected chi connectivity index (χ3v) is 3.47. The predicted molar refractivity (Wildman–Crippen MR) is 85.4 cm³/mol. The highest BCUT2D eigenvalue weighted by Gasteiger charge is 2.12. The van der Waals surface area contributed by atoms with Crippen LogP contribution in [-0.2, 0) is 6.54 Å². The Morgan fingerprint density at radius 3 is 2.67 bits per heavy atom. The number of nitrogens with one attached hydrogen (secondary N) is 1. The molecule has 2 aromatic carbocycles. The van der Waals surface area contributed by atoms with Crippen molar-refractivity contribution in [2.24, 2.45) is 0 Å². The maximum atomic E-state index is 14.2. The van der Waals surface area contributed by atoms with Crippen molar-refractivity contribution >= 4 is 11.6 Å². The Kier molecular flexibility index (Phi) is 5.59. The zero-order valence-corrected chi connectivity index (χ0v) is 13.0. The molecule has 1 N–H and O–H groups in total. The van der Waals surface area contributed by atoms with Crippen LogP contribution >= 0.6 is 11.6 Å². The molecule has 0 aromatic heterocycles. The summed E-state index contributed by atoms with van der Waals surface area (Å²) in [5.41, 5.74) is 2.20. The van der Waals surface area contributed by atoms with Gasteiger partial charge in [0.05, 0.1) is 7.11 Å². The fraction of sp³-hybridized carbons (Fsp3) is 0.294. The summed E-state index contributed by atoms with van der Waals surface area (Å²) in [5, 5.41) is 3.87. The lowest BCUT2D eigenvalue weighted by Gasteiger charge is -2.12. The summed E-state index contributed by atoms with van der Waals surface area (Å²) in [7, 11) is 1.57. The summed E-state index contributed by atoms with van der Waals surface area (Å²) in [6.07, 6.45) is 1.07. The van der Waals surface area contributed by atoms with Gasteiger partial charge in [-0.3, -0.25) is 0 Å². The number of hydrogen-bond donors (Lipinski definition) is 1. The summed E-state index contributed by atoms with van der Waals surface area (Å²) in [6.45, 7) is 3.76. The van der Waals surface area contributed by atoms with E-state index in [0.29, 0.717) is 28.4 Å². The van der Waals surface area contributed by atoms with Crippen LogP contribution in [0.2, 0.25) is 5.02 Å². The van der Waals surface area contributed by atoms with Crippen LogP contribution in [-0.4, -0.2) is 13.7 Å². The van der Waals surface area contributed by atoms with Gasteiger partial charge in [0.15, 0.2) is 0 Å². The highest BCUT2D eigenvalue weighted by Crippen LogP contribution is 2.34. The van der Waals surface area contributed by atoms with Crippen LogP contribution in [0.4, 0.5) is 4.39 Å². The summed E-state index contributed by atoms with van der Waals surface area (Å²) in [5.74, 6) is 0.326. The first-order valence-corrected chi connectivity index (χ1v) is 7.36.